The van der Waals surface area contributed by atoms with Crippen molar-refractivity contribution in [1.29, 1.82) is 0 Å². The molecule has 0 saturated carbocycles. The predicted molar refractivity (Wildman–Crippen MR) is 68.1 cm³/mol. The Morgan fingerprint density at radius 2 is 2.17 bits per heavy atom. The molecule has 1 aromatic rings. The van der Waals surface area contributed by atoms with Crippen molar-refractivity contribution >= 4 is 29.2 Å². The molecule has 2 amide bonds. The molecule has 0 aliphatic heterocycles. The summed E-state index contributed by atoms with van der Waals surface area (Å²) in [6, 6.07) is 2.87. The Bertz CT molecular complexity index is 452. The van der Waals surface area contributed by atoms with Crippen LogP contribution < -0.4 is 21.9 Å². The maximum absolute atomic E-state index is 11.7. The van der Waals surface area contributed by atoms with Crippen molar-refractivity contribution in [1.82, 2.24) is 15.6 Å². The van der Waals surface area contributed by atoms with E-state index in [0.29, 0.717) is 11.4 Å². The van der Waals surface area contributed by atoms with E-state index >= 15 is 0 Å². The van der Waals surface area contributed by atoms with Gasteiger partial charge >= 0.3 is 0 Å². The number of hydrogen-bond donors (Lipinski definition) is 4. The molecule has 0 aliphatic rings. The first-order chi connectivity index (χ1) is 8.56. The zero-order valence-electron chi connectivity index (χ0n) is 9.79. The number of hydrazine groups is 1. The van der Waals surface area contributed by atoms with Gasteiger partial charge in [-0.1, -0.05) is 11.6 Å². The number of carbonyl (C=O) groups is 2. The maximum Gasteiger partial charge on any atom is 0.251 e. The molecular formula is C10H14ClN5O2. The van der Waals surface area contributed by atoms with Crippen LogP contribution in [0.3, 0.4) is 0 Å². The van der Waals surface area contributed by atoms with Crippen molar-refractivity contribution in [3.05, 3.63) is 22.8 Å². The Balaban J connectivity index is 2.61. The van der Waals surface area contributed by atoms with Gasteiger partial charge in [0, 0.05) is 25.6 Å². The lowest BCUT2D eigenvalue weighted by atomic mass is 10.2. The summed E-state index contributed by atoms with van der Waals surface area (Å²) in [4.78, 5) is 26.5. The number of aromatic nitrogens is 1. The van der Waals surface area contributed by atoms with Gasteiger partial charge in [-0.2, -0.15) is 0 Å². The first-order valence-electron chi connectivity index (χ1n) is 5.19. The second kappa shape index (κ2) is 6.77. The number of anilines is 1. The normalized spacial score (nSPS) is 9.72. The van der Waals surface area contributed by atoms with Crippen LogP contribution in [0.15, 0.2) is 12.1 Å². The average molecular weight is 272 g/mol. The van der Waals surface area contributed by atoms with Crippen molar-refractivity contribution in [2.24, 2.45) is 5.84 Å². The van der Waals surface area contributed by atoms with Crippen LogP contribution in [0.4, 0.5) is 5.82 Å². The summed E-state index contributed by atoms with van der Waals surface area (Å²) in [7, 11) is 1.53. The first kappa shape index (κ1) is 14.2. The Kier molecular flexibility index (Phi) is 5.34. The quantitative estimate of drug-likeness (QED) is 0.339. The van der Waals surface area contributed by atoms with Crippen LogP contribution in [0.25, 0.3) is 0 Å². The zero-order chi connectivity index (χ0) is 13.5. The van der Waals surface area contributed by atoms with Crippen LogP contribution in [0.2, 0.25) is 5.15 Å². The highest BCUT2D eigenvalue weighted by Crippen LogP contribution is 2.13. The van der Waals surface area contributed by atoms with Gasteiger partial charge in [0.05, 0.1) is 0 Å². The number of nitrogen functional groups attached to an aromatic ring is 1. The number of pyridine rings is 1. The fraction of sp³-hybridized carbons (Fsp3) is 0.300. The highest BCUT2D eigenvalue weighted by molar-refractivity contribution is 6.29. The summed E-state index contributed by atoms with van der Waals surface area (Å²) in [5, 5.41) is 5.20. The lowest BCUT2D eigenvalue weighted by molar-refractivity contribution is -0.120. The fourth-order valence-corrected chi connectivity index (χ4v) is 1.43. The summed E-state index contributed by atoms with van der Waals surface area (Å²) >= 11 is 5.73. The van der Waals surface area contributed by atoms with Gasteiger partial charge in [0.25, 0.3) is 5.91 Å². The van der Waals surface area contributed by atoms with Crippen LogP contribution >= 0.6 is 11.6 Å². The zero-order valence-corrected chi connectivity index (χ0v) is 10.5. The first-order valence-corrected chi connectivity index (χ1v) is 5.57. The molecule has 0 spiro atoms. The van der Waals surface area contributed by atoms with Crippen LogP contribution in [-0.4, -0.2) is 30.4 Å². The summed E-state index contributed by atoms with van der Waals surface area (Å²) < 4.78 is 0. The maximum atomic E-state index is 11.7. The molecule has 0 fully saturated rings. The van der Waals surface area contributed by atoms with Gasteiger partial charge in [-0.15, -0.1) is 0 Å². The van der Waals surface area contributed by atoms with Gasteiger partial charge in [-0.25, -0.2) is 10.8 Å². The lowest BCUT2D eigenvalue weighted by Gasteiger charge is -2.06. The van der Waals surface area contributed by atoms with Crippen LogP contribution in [0.1, 0.15) is 16.8 Å². The van der Waals surface area contributed by atoms with Crippen LogP contribution in [0, 0.1) is 0 Å². The standard InChI is InChI=1S/C10H14ClN5O2/c1-13-9(17)2-3-14-10(18)6-4-7(11)15-8(5-6)16-12/h4-5H,2-3,12H2,1H3,(H,13,17)(H,14,18)(H,15,16). The van der Waals surface area contributed by atoms with E-state index in [1.54, 1.807) is 0 Å². The Morgan fingerprint density at radius 1 is 1.44 bits per heavy atom. The molecule has 0 atom stereocenters. The van der Waals surface area contributed by atoms with Gasteiger partial charge in [-0.05, 0) is 12.1 Å². The van der Waals surface area contributed by atoms with E-state index < -0.39 is 0 Å². The van der Waals surface area contributed by atoms with E-state index in [4.69, 9.17) is 17.4 Å². The third kappa shape index (κ3) is 4.19. The minimum atomic E-state index is -0.347. The molecule has 0 radical (unpaired) electrons. The second-order valence-electron chi connectivity index (χ2n) is 3.39. The molecule has 98 valence electrons. The molecule has 1 heterocycles. The van der Waals surface area contributed by atoms with E-state index in [1.165, 1.54) is 19.2 Å². The van der Waals surface area contributed by atoms with E-state index in [0.717, 1.165) is 0 Å². The van der Waals surface area contributed by atoms with Crippen molar-refractivity contribution in [2.45, 2.75) is 6.42 Å². The van der Waals surface area contributed by atoms with Gasteiger partial charge < -0.3 is 16.1 Å². The minimum absolute atomic E-state index is 0.146. The van der Waals surface area contributed by atoms with Crippen molar-refractivity contribution in [3.8, 4) is 0 Å². The molecule has 0 bridgehead atoms. The molecule has 8 heteroatoms. The van der Waals surface area contributed by atoms with Gasteiger partial charge in [0.15, 0.2) is 0 Å². The van der Waals surface area contributed by atoms with Gasteiger partial charge in [0.1, 0.15) is 11.0 Å². The number of carbonyl (C=O) groups excluding carboxylic acids is 2. The summed E-state index contributed by atoms with van der Waals surface area (Å²) in [6.07, 6.45) is 0.211. The molecule has 0 aliphatic carbocycles. The number of rotatable bonds is 5. The van der Waals surface area contributed by atoms with Gasteiger partial charge in [-0.3, -0.25) is 9.59 Å². The topological polar surface area (TPSA) is 109 Å². The average Bonchev–Trinajstić information content (AvgIpc) is 2.37. The third-order valence-electron chi connectivity index (χ3n) is 2.12. The monoisotopic (exact) mass is 271 g/mol. The lowest BCUT2D eigenvalue weighted by Crippen LogP contribution is -2.29. The summed E-state index contributed by atoms with van der Waals surface area (Å²) in [5.74, 6) is 4.99. The summed E-state index contributed by atoms with van der Waals surface area (Å²) in [6.45, 7) is 0.240. The van der Waals surface area contributed by atoms with Crippen molar-refractivity contribution < 1.29 is 9.59 Å². The van der Waals surface area contributed by atoms with Gasteiger partial charge in [0.2, 0.25) is 5.91 Å². The number of nitrogens with one attached hydrogen (secondary N) is 3. The molecule has 0 unspecified atom stereocenters. The fourth-order valence-electron chi connectivity index (χ4n) is 1.22. The van der Waals surface area contributed by atoms with E-state index in [-0.39, 0.29) is 29.9 Å². The van der Waals surface area contributed by atoms with Crippen molar-refractivity contribution in [2.75, 3.05) is 19.0 Å². The number of nitrogens with zero attached hydrogens (tertiary/aromatic N) is 1. The number of hydrogen-bond acceptors (Lipinski definition) is 5. The van der Waals surface area contributed by atoms with Crippen LogP contribution in [-0.2, 0) is 4.79 Å². The smallest absolute Gasteiger partial charge is 0.251 e. The molecule has 7 nitrogen and oxygen atoms in total. The number of amides is 2. The van der Waals surface area contributed by atoms with Crippen molar-refractivity contribution in [3.63, 3.8) is 0 Å². The number of halogens is 1. The molecule has 1 aromatic heterocycles. The molecular weight excluding hydrogens is 258 g/mol. The van der Waals surface area contributed by atoms with E-state index in [9.17, 15) is 9.59 Å². The third-order valence-corrected chi connectivity index (χ3v) is 2.31. The summed E-state index contributed by atoms with van der Waals surface area (Å²) in [5.41, 5.74) is 2.63. The predicted octanol–water partition coefficient (Wildman–Crippen LogP) is -0.113. The number of nitrogens with two attached hydrogens (primary N) is 1. The van der Waals surface area contributed by atoms with E-state index in [1.807, 2.05) is 0 Å². The Hall–Kier alpha value is -1.86. The molecule has 18 heavy (non-hydrogen) atoms. The molecule has 0 saturated heterocycles. The largest absolute Gasteiger partial charge is 0.359 e. The molecule has 5 N–H and O–H groups in total. The van der Waals surface area contributed by atoms with E-state index in [2.05, 4.69) is 21.0 Å². The highest BCUT2D eigenvalue weighted by atomic mass is 35.5. The molecule has 1 rings (SSSR count). The SMILES string of the molecule is CNC(=O)CCNC(=O)c1cc(Cl)nc(NN)c1. The van der Waals surface area contributed by atoms with Crippen LogP contribution in [0.5, 0.6) is 0 Å². The second-order valence-corrected chi connectivity index (χ2v) is 3.77. The minimum Gasteiger partial charge on any atom is -0.359 e. The highest BCUT2D eigenvalue weighted by Gasteiger charge is 2.09. The Morgan fingerprint density at radius 3 is 2.78 bits per heavy atom. The molecule has 0 aromatic carbocycles. The Labute approximate surface area is 109 Å².